The lowest BCUT2D eigenvalue weighted by atomic mass is 10.1. The summed E-state index contributed by atoms with van der Waals surface area (Å²) in [6, 6.07) is 10.0. The number of aryl methyl sites for hydroxylation is 1. The van der Waals surface area contributed by atoms with Crippen molar-refractivity contribution in [2.45, 2.75) is 13.3 Å². The van der Waals surface area contributed by atoms with Crippen LogP contribution in [0.5, 0.6) is 11.5 Å². The number of anilines is 1. The van der Waals surface area contributed by atoms with Crippen molar-refractivity contribution in [3.05, 3.63) is 63.7 Å². The van der Waals surface area contributed by atoms with Crippen LogP contribution in [-0.4, -0.2) is 17.6 Å². The quantitative estimate of drug-likeness (QED) is 0.511. The molecule has 3 rings (SSSR count). The Labute approximate surface area is 144 Å². The van der Waals surface area contributed by atoms with E-state index in [9.17, 15) is 14.9 Å². The minimum absolute atomic E-state index is 0.0000468. The number of hydrogen-bond donors (Lipinski definition) is 1. The third-order valence-electron chi connectivity index (χ3n) is 3.75. The van der Waals surface area contributed by atoms with Crippen molar-refractivity contribution < 1.29 is 19.2 Å². The van der Waals surface area contributed by atoms with Gasteiger partial charge in [0.1, 0.15) is 0 Å². The Morgan fingerprint density at radius 3 is 2.80 bits per heavy atom. The molecule has 1 heterocycles. The number of carbonyl (C=O) groups excluding carboxylic acids is 1. The smallest absolute Gasteiger partial charge is 0.274 e. The molecule has 25 heavy (non-hydrogen) atoms. The van der Waals surface area contributed by atoms with Crippen LogP contribution in [0.4, 0.5) is 11.4 Å². The van der Waals surface area contributed by atoms with Gasteiger partial charge in [-0.1, -0.05) is 19.1 Å². The van der Waals surface area contributed by atoms with Crippen molar-refractivity contribution in [3.8, 4) is 11.5 Å². The molecule has 2 aromatic carbocycles. The molecule has 0 spiro atoms. The molecule has 0 bridgehead atoms. The number of nitro groups is 1. The molecule has 0 aliphatic carbocycles. The fraction of sp³-hybridized carbons (Fsp3) is 0.167. The number of benzene rings is 2. The fourth-order valence-electron chi connectivity index (χ4n) is 2.48. The predicted octanol–water partition coefficient (Wildman–Crippen LogP) is 3.54. The summed E-state index contributed by atoms with van der Waals surface area (Å²) >= 11 is 0. The highest BCUT2D eigenvalue weighted by atomic mass is 16.7. The van der Waals surface area contributed by atoms with E-state index in [1.54, 1.807) is 36.4 Å². The van der Waals surface area contributed by atoms with Crippen LogP contribution < -0.4 is 14.8 Å². The van der Waals surface area contributed by atoms with Gasteiger partial charge in [0.2, 0.25) is 12.7 Å². The minimum atomic E-state index is -0.447. The molecular weight excluding hydrogens is 324 g/mol. The summed E-state index contributed by atoms with van der Waals surface area (Å²) in [5.41, 5.74) is 1.79. The van der Waals surface area contributed by atoms with Gasteiger partial charge in [0, 0.05) is 23.4 Å². The maximum atomic E-state index is 12.0. The largest absolute Gasteiger partial charge is 0.454 e. The Bertz CT molecular complexity index is 861. The van der Waals surface area contributed by atoms with E-state index in [1.165, 1.54) is 12.1 Å². The predicted molar refractivity (Wildman–Crippen MR) is 92.7 cm³/mol. The molecule has 7 heteroatoms. The van der Waals surface area contributed by atoms with E-state index in [4.69, 9.17) is 9.47 Å². The first-order valence-corrected chi connectivity index (χ1v) is 7.73. The molecule has 1 aliphatic rings. The Hall–Kier alpha value is -3.35. The fourth-order valence-corrected chi connectivity index (χ4v) is 2.48. The number of nitro benzene ring substituents is 1. The highest BCUT2D eigenvalue weighted by Gasteiger charge is 2.14. The average molecular weight is 340 g/mol. The van der Waals surface area contributed by atoms with Gasteiger partial charge in [0.05, 0.1) is 4.92 Å². The van der Waals surface area contributed by atoms with Gasteiger partial charge in [-0.05, 0) is 36.3 Å². The Balaban J connectivity index is 1.70. The number of hydrogen-bond acceptors (Lipinski definition) is 5. The third kappa shape index (κ3) is 3.77. The number of carbonyl (C=O) groups is 1. The van der Waals surface area contributed by atoms with Crippen LogP contribution >= 0.6 is 0 Å². The van der Waals surface area contributed by atoms with E-state index >= 15 is 0 Å². The van der Waals surface area contributed by atoms with Gasteiger partial charge >= 0.3 is 0 Å². The summed E-state index contributed by atoms with van der Waals surface area (Å²) in [6.07, 6.45) is 3.54. The third-order valence-corrected chi connectivity index (χ3v) is 3.75. The Morgan fingerprint density at radius 1 is 1.24 bits per heavy atom. The molecule has 0 unspecified atom stereocenters. The van der Waals surface area contributed by atoms with Crippen molar-refractivity contribution >= 4 is 23.4 Å². The molecule has 0 saturated carbocycles. The van der Waals surface area contributed by atoms with Crippen LogP contribution in [0.15, 0.2) is 42.5 Å². The normalized spacial score (nSPS) is 12.4. The topological polar surface area (TPSA) is 90.7 Å². The van der Waals surface area contributed by atoms with Gasteiger partial charge in [-0.25, -0.2) is 0 Å². The first kappa shape index (κ1) is 16.5. The average Bonchev–Trinajstić information content (AvgIpc) is 3.07. The van der Waals surface area contributed by atoms with Gasteiger partial charge in [-0.2, -0.15) is 0 Å². The summed E-state index contributed by atoms with van der Waals surface area (Å²) in [5.74, 6) is 0.925. The van der Waals surface area contributed by atoms with Crippen molar-refractivity contribution in [1.29, 1.82) is 0 Å². The minimum Gasteiger partial charge on any atom is -0.454 e. The molecule has 128 valence electrons. The second-order valence-corrected chi connectivity index (χ2v) is 5.39. The summed E-state index contributed by atoms with van der Waals surface area (Å²) < 4.78 is 10.5. The molecular formula is C18H16N2O5. The van der Waals surface area contributed by atoms with Crippen molar-refractivity contribution in [3.63, 3.8) is 0 Å². The van der Waals surface area contributed by atoms with Gasteiger partial charge in [-0.3, -0.25) is 14.9 Å². The van der Waals surface area contributed by atoms with Crippen LogP contribution in [0.3, 0.4) is 0 Å². The standard InChI is InChI=1S/C18H16N2O5/c1-2-13-5-6-14(10-15(13)20(22)23)19-18(21)8-4-12-3-7-16-17(9-12)25-11-24-16/h3-10H,2,11H2,1H3,(H,19,21)/b8-4+. The highest BCUT2D eigenvalue weighted by molar-refractivity contribution is 6.02. The van der Waals surface area contributed by atoms with E-state index in [1.807, 2.05) is 6.92 Å². The van der Waals surface area contributed by atoms with Crippen molar-refractivity contribution in [1.82, 2.24) is 0 Å². The van der Waals surface area contributed by atoms with E-state index in [0.29, 0.717) is 29.2 Å². The Morgan fingerprint density at radius 2 is 2.04 bits per heavy atom. The zero-order valence-electron chi connectivity index (χ0n) is 13.5. The molecule has 0 radical (unpaired) electrons. The van der Waals surface area contributed by atoms with Crippen LogP contribution in [-0.2, 0) is 11.2 Å². The second kappa shape index (κ2) is 7.04. The maximum Gasteiger partial charge on any atom is 0.274 e. The lowest BCUT2D eigenvalue weighted by Gasteiger charge is -2.05. The number of nitrogens with one attached hydrogen (secondary N) is 1. The van der Waals surface area contributed by atoms with E-state index in [2.05, 4.69) is 5.32 Å². The maximum absolute atomic E-state index is 12.0. The number of rotatable bonds is 5. The zero-order valence-corrected chi connectivity index (χ0v) is 13.5. The van der Waals surface area contributed by atoms with E-state index < -0.39 is 4.92 Å². The van der Waals surface area contributed by atoms with Crippen LogP contribution in [0.25, 0.3) is 6.08 Å². The number of nitrogens with zero attached hydrogens (tertiary/aromatic N) is 1. The van der Waals surface area contributed by atoms with Gasteiger partial charge < -0.3 is 14.8 Å². The van der Waals surface area contributed by atoms with E-state index in [0.717, 1.165) is 5.56 Å². The Kier molecular flexibility index (Phi) is 4.65. The second-order valence-electron chi connectivity index (χ2n) is 5.39. The van der Waals surface area contributed by atoms with Crippen LogP contribution in [0.1, 0.15) is 18.1 Å². The van der Waals surface area contributed by atoms with E-state index in [-0.39, 0.29) is 18.4 Å². The molecule has 0 atom stereocenters. The highest BCUT2D eigenvalue weighted by Crippen LogP contribution is 2.32. The molecule has 2 aromatic rings. The van der Waals surface area contributed by atoms with Crippen molar-refractivity contribution in [2.24, 2.45) is 0 Å². The van der Waals surface area contributed by atoms with Crippen LogP contribution in [0, 0.1) is 10.1 Å². The molecule has 0 saturated heterocycles. The summed E-state index contributed by atoms with van der Waals surface area (Å²) in [7, 11) is 0. The first-order valence-electron chi connectivity index (χ1n) is 7.73. The van der Waals surface area contributed by atoms with Crippen LogP contribution in [0.2, 0.25) is 0 Å². The molecule has 0 aromatic heterocycles. The van der Waals surface area contributed by atoms with Gasteiger partial charge in [-0.15, -0.1) is 0 Å². The van der Waals surface area contributed by atoms with Gasteiger partial charge in [0.15, 0.2) is 11.5 Å². The number of ether oxygens (including phenoxy) is 2. The number of fused-ring (bicyclic) bond motifs is 1. The monoisotopic (exact) mass is 340 g/mol. The van der Waals surface area contributed by atoms with Gasteiger partial charge in [0.25, 0.3) is 5.69 Å². The summed E-state index contributed by atoms with van der Waals surface area (Å²) in [5, 5.41) is 13.7. The number of amides is 1. The lowest BCUT2D eigenvalue weighted by Crippen LogP contribution is -2.08. The van der Waals surface area contributed by atoms with Crippen molar-refractivity contribution in [2.75, 3.05) is 12.1 Å². The molecule has 7 nitrogen and oxygen atoms in total. The molecule has 1 N–H and O–H groups in total. The molecule has 1 aliphatic heterocycles. The first-order chi connectivity index (χ1) is 12.1. The zero-order chi connectivity index (χ0) is 17.8. The molecule has 0 fully saturated rings. The SMILES string of the molecule is CCc1ccc(NC(=O)/C=C/c2ccc3c(c2)OCO3)cc1[N+](=O)[O-]. The summed E-state index contributed by atoms with van der Waals surface area (Å²) in [4.78, 5) is 22.7. The summed E-state index contributed by atoms with van der Waals surface area (Å²) in [6.45, 7) is 2.03. The molecule has 1 amide bonds. The lowest BCUT2D eigenvalue weighted by molar-refractivity contribution is -0.385.